The molecule has 3 aromatic rings. The van der Waals surface area contributed by atoms with Gasteiger partial charge < -0.3 is 26.3 Å². The van der Waals surface area contributed by atoms with E-state index < -0.39 is 17.9 Å². The van der Waals surface area contributed by atoms with Gasteiger partial charge in [-0.05, 0) is 54.2 Å². The Hall–Kier alpha value is -4.12. The summed E-state index contributed by atoms with van der Waals surface area (Å²) >= 11 is 0.762. The number of carbonyl (C=O) groups excluding carboxylic acids is 3. The molecule has 1 unspecified atom stereocenters. The van der Waals surface area contributed by atoms with Crippen LogP contribution >= 0.6 is 11.5 Å². The number of nitrogen functional groups attached to an aromatic ring is 1. The molecule has 10 nitrogen and oxygen atoms in total. The number of primary amides is 1. The van der Waals surface area contributed by atoms with Gasteiger partial charge in [0.2, 0.25) is 5.91 Å². The highest BCUT2D eigenvalue weighted by molar-refractivity contribution is 7.09. The van der Waals surface area contributed by atoms with Crippen LogP contribution in [0.2, 0.25) is 0 Å². The molecule has 5 N–H and O–H groups in total. The fourth-order valence-corrected chi connectivity index (χ4v) is 5.36. The van der Waals surface area contributed by atoms with Crippen LogP contribution in [0.5, 0.6) is 11.5 Å². The van der Waals surface area contributed by atoms with Gasteiger partial charge in [-0.25, -0.2) is 0 Å². The van der Waals surface area contributed by atoms with Crippen molar-refractivity contribution in [2.45, 2.75) is 44.2 Å². The molecule has 1 fully saturated rings. The van der Waals surface area contributed by atoms with Crippen LogP contribution in [0.15, 0.2) is 48.5 Å². The Bertz CT molecular complexity index is 1300. The molecule has 1 heterocycles. The zero-order valence-corrected chi connectivity index (χ0v) is 22.1. The normalized spacial score (nSPS) is 14.4. The average Bonchev–Trinajstić information content (AvgIpc) is 3.33. The van der Waals surface area contributed by atoms with Crippen molar-refractivity contribution in [1.82, 2.24) is 9.69 Å². The van der Waals surface area contributed by atoms with Crippen LogP contribution in [0.3, 0.4) is 0 Å². The molecule has 38 heavy (non-hydrogen) atoms. The van der Waals surface area contributed by atoms with Crippen LogP contribution in [0.25, 0.3) is 0 Å². The summed E-state index contributed by atoms with van der Waals surface area (Å²) in [5, 5.41) is 3.16. The lowest BCUT2D eigenvalue weighted by atomic mass is 9.94. The molecule has 1 aliphatic carbocycles. The summed E-state index contributed by atoms with van der Waals surface area (Å²) in [6.45, 7) is 0. The van der Waals surface area contributed by atoms with Crippen LogP contribution < -0.4 is 31.2 Å². The maximum Gasteiger partial charge on any atom is 0.273 e. The molecule has 1 aromatic heterocycles. The van der Waals surface area contributed by atoms with Gasteiger partial charge in [0.05, 0.1) is 19.9 Å². The van der Waals surface area contributed by atoms with E-state index in [1.54, 1.807) is 55.6 Å². The Morgan fingerprint density at radius 1 is 1.03 bits per heavy atom. The van der Waals surface area contributed by atoms with Gasteiger partial charge in [0.15, 0.2) is 5.69 Å². The SMILES string of the molecule is COc1ccc(C(C(=O)NC2CCCCC2)N(C(=O)c2snc(C(N)=O)c2N)c2cccc(OC)c2)cc1. The number of hydrogen-bond donors (Lipinski definition) is 3. The summed E-state index contributed by atoms with van der Waals surface area (Å²) in [6, 6.07) is 12.7. The molecule has 0 saturated heterocycles. The Balaban J connectivity index is 1.85. The topological polar surface area (TPSA) is 150 Å². The lowest BCUT2D eigenvalue weighted by Gasteiger charge is -2.33. The number of anilines is 2. The summed E-state index contributed by atoms with van der Waals surface area (Å²) < 4.78 is 14.7. The second-order valence-corrected chi connectivity index (χ2v) is 9.81. The van der Waals surface area contributed by atoms with Crippen molar-refractivity contribution < 1.29 is 23.9 Å². The van der Waals surface area contributed by atoms with E-state index in [-0.39, 0.29) is 28.2 Å². The second kappa shape index (κ2) is 12.0. The number of carbonyl (C=O) groups is 3. The smallest absolute Gasteiger partial charge is 0.273 e. The monoisotopic (exact) mass is 537 g/mol. The molecular weight excluding hydrogens is 506 g/mol. The highest BCUT2D eigenvalue weighted by atomic mass is 32.1. The molecule has 1 saturated carbocycles. The number of methoxy groups -OCH3 is 2. The zero-order valence-electron chi connectivity index (χ0n) is 21.3. The highest BCUT2D eigenvalue weighted by Gasteiger charge is 2.37. The first-order valence-corrected chi connectivity index (χ1v) is 13.1. The standard InChI is InChI=1S/C27H31N5O5S/c1-36-19-13-11-16(12-14-19)23(26(34)30-17-7-4-3-5-8-17)32(18-9-6-10-20(15-18)37-2)27(35)24-21(28)22(25(29)33)31-38-24/h6,9-15,17,23H,3-5,7-8,28H2,1-2H3,(H2,29,33)(H,30,34). The quantitative estimate of drug-likeness (QED) is 0.377. The summed E-state index contributed by atoms with van der Waals surface area (Å²) in [5.74, 6) is -0.668. The number of benzene rings is 2. The molecule has 200 valence electrons. The molecule has 3 amide bonds. The Morgan fingerprint density at radius 3 is 2.32 bits per heavy atom. The second-order valence-electron chi connectivity index (χ2n) is 9.03. The Kier molecular flexibility index (Phi) is 8.47. The van der Waals surface area contributed by atoms with Gasteiger partial charge in [0.1, 0.15) is 22.4 Å². The lowest BCUT2D eigenvalue weighted by molar-refractivity contribution is -0.123. The Morgan fingerprint density at radius 2 is 1.71 bits per heavy atom. The maximum atomic E-state index is 14.2. The van der Waals surface area contributed by atoms with Crippen molar-refractivity contribution in [2.24, 2.45) is 5.73 Å². The summed E-state index contributed by atoms with van der Waals surface area (Å²) in [5.41, 5.74) is 12.2. The molecule has 11 heteroatoms. The van der Waals surface area contributed by atoms with E-state index >= 15 is 0 Å². The first-order chi connectivity index (χ1) is 18.3. The summed E-state index contributed by atoms with van der Waals surface area (Å²) in [4.78, 5) is 41.3. The number of hydrogen-bond acceptors (Lipinski definition) is 8. The predicted molar refractivity (Wildman–Crippen MR) is 146 cm³/mol. The van der Waals surface area contributed by atoms with Gasteiger partial charge in [0, 0.05) is 17.8 Å². The summed E-state index contributed by atoms with van der Waals surface area (Å²) in [6.07, 6.45) is 4.94. The van der Waals surface area contributed by atoms with E-state index in [4.69, 9.17) is 20.9 Å². The van der Waals surface area contributed by atoms with E-state index in [0.717, 1.165) is 43.6 Å². The Labute approximate surface area is 225 Å². The van der Waals surface area contributed by atoms with E-state index in [1.807, 2.05) is 0 Å². The highest BCUT2D eigenvalue weighted by Crippen LogP contribution is 2.35. The van der Waals surface area contributed by atoms with Gasteiger partial charge in [-0.1, -0.05) is 37.5 Å². The van der Waals surface area contributed by atoms with Crippen LogP contribution in [-0.2, 0) is 4.79 Å². The molecular formula is C27H31N5O5S. The van der Waals surface area contributed by atoms with Crippen molar-refractivity contribution >= 4 is 40.6 Å². The third-order valence-electron chi connectivity index (χ3n) is 6.60. The fourth-order valence-electron chi connectivity index (χ4n) is 4.61. The number of aromatic nitrogens is 1. The van der Waals surface area contributed by atoms with Crippen molar-refractivity contribution in [3.8, 4) is 11.5 Å². The lowest BCUT2D eigenvalue weighted by Crippen LogP contribution is -2.47. The third kappa shape index (κ3) is 5.72. The van der Waals surface area contributed by atoms with Crippen molar-refractivity contribution in [1.29, 1.82) is 0 Å². The summed E-state index contributed by atoms with van der Waals surface area (Å²) in [7, 11) is 3.07. The van der Waals surface area contributed by atoms with Crippen LogP contribution in [0, 0.1) is 0 Å². The van der Waals surface area contributed by atoms with Crippen molar-refractivity contribution in [3.05, 3.63) is 64.7 Å². The maximum absolute atomic E-state index is 14.2. The first kappa shape index (κ1) is 26.9. The molecule has 0 spiro atoms. The first-order valence-electron chi connectivity index (χ1n) is 12.3. The minimum Gasteiger partial charge on any atom is -0.497 e. The molecule has 0 radical (unpaired) electrons. The fraction of sp³-hybridized carbons (Fsp3) is 0.333. The molecule has 4 rings (SSSR count). The minimum atomic E-state index is -1.07. The molecule has 0 bridgehead atoms. The van der Waals surface area contributed by atoms with Gasteiger partial charge in [0.25, 0.3) is 11.8 Å². The number of ether oxygens (including phenoxy) is 2. The largest absolute Gasteiger partial charge is 0.497 e. The molecule has 1 aliphatic rings. The van der Waals surface area contributed by atoms with E-state index in [9.17, 15) is 14.4 Å². The minimum absolute atomic E-state index is 0.00518. The van der Waals surface area contributed by atoms with Gasteiger partial charge in [-0.15, -0.1) is 0 Å². The number of amides is 3. The number of nitrogens with two attached hydrogens (primary N) is 2. The van der Waals surface area contributed by atoms with E-state index in [1.165, 1.54) is 12.0 Å². The van der Waals surface area contributed by atoms with Crippen molar-refractivity contribution in [3.63, 3.8) is 0 Å². The van der Waals surface area contributed by atoms with Gasteiger partial charge in [-0.2, -0.15) is 4.37 Å². The van der Waals surface area contributed by atoms with Crippen LogP contribution in [0.4, 0.5) is 11.4 Å². The van der Waals surface area contributed by atoms with Crippen molar-refractivity contribution in [2.75, 3.05) is 24.9 Å². The van der Waals surface area contributed by atoms with E-state index in [2.05, 4.69) is 9.69 Å². The van der Waals surface area contributed by atoms with E-state index in [0.29, 0.717) is 22.7 Å². The molecule has 1 atom stereocenters. The number of nitrogens with zero attached hydrogens (tertiary/aromatic N) is 2. The third-order valence-corrected chi connectivity index (χ3v) is 7.45. The molecule has 0 aliphatic heterocycles. The number of nitrogens with one attached hydrogen (secondary N) is 1. The average molecular weight is 538 g/mol. The van der Waals surface area contributed by atoms with Gasteiger partial charge >= 0.3 is 0 Å². The number of rotatable bonds is 9. The van der Waals surface area contributed by atoms with Crippen LogP contribution in [0.1, 0.15) is 63.9 Å². The van der Waals surface area contributed by atoms with Gasteiger partial charge in [-0.3, -0.25) is 19.3 Å². The van der Waals surface area contributed by atoms with Crippen LogP contribution in [-0.4, -0.2) is 42.4 Å². The zero-order chi connectivity index (χ0) is 27.2. The molecule has 2 aromatic carbocycles. The predicted octanol–water partition coefficient (Wildman–Crippen LogP) is 3.68.